The van der Waals surface area contributed by atoms with E-state index in [1.807, 2.05) is 20.8 Å². The number of aliphatic hydroxyl groups is 3. The number of nitrogens with one attached hydrogen (secondary N) is 6. The summed E-state index contributed by atoms with van der Waals surface area (Å²) < 4.78 is 12.9. The van der Waals surface area contributed by atoms with E-state index in [-0.39, 0.29) is 129 Å². The van der Waals surface area contributed by atoms with E-state index in [0.29, 0.717) is 52.5 Å². The number of alkyl halides is 1. The number of guanidine groups is 2. The van der Waals surface area contributed by atoms with Gasteiger partial charge in [0, 0.05) is 40.1 Å². The maximum atomic E-state index is 11.3. The number of amides is 1. The van der Waals surface area contributed by atoms with Crippen LogP contribution in [0.15, 0.2) is 47.9 Å². The van der Waals surface area contributed by atoms with Crippen LogP contribution in [0.4, 0.5) is 0 Å². The van der Waals surface area contributed by atoms with E-state index < -0.39 is 29.3 Å². The fraction of sp³-hybridized carbons (Fsp3) is 0.426. The molecule has 4 aromatic heterocycles. The largest absolute Gasteiger partial charge is 1.00 e. The van der Waals surface area contributed by atoms with Gasteiger partial charge >= 0.3 is 30.8 Å². The second-order valence-corrected chi connectivity index (χ2v) is 14.9. The molecule has 26 N–H and O–H groups in total. The topological polar surface area (TPSA) is 555 Å². The summed E-state index contributed by atoms with van der Waals surface area (Å²) in [6.07, 6.45) is 5.50. The summed E-state index contributed by atoms with van der Waals surface area (Å²) in [6.45, 7) is 26.9. The van der Waals surface area contributed by atoms with Crippen LogP contribution >= 0.6 is 11.6 Å². The number of amidine groups is 1. The van der Waals surface area contributed by atoms with E-state index in [0.717, 1.165) is 35.5 Å². The number of ether oxygens (including phenoxy) is 2. The number of H-pyrrole nitrogens is 4. The van der Waals surface area contributed by atoms with Crippen LogP contribution in [-0.2, 0) is 56.1 Å². The molecule has 453 valence electrons. The van der Waals surface area contributed by atoms with Gasteiger partial charge in [-0.15, -0.1) is 16.1 Å². The van der Waals surface area contributed by atoms with Gasteiger partial charge in [0.25, 0.3) is 0 Å². The Balaban J connectivity index is -0.0000000919. The fourth-order valence-corrected chi connectivity index (χ4v) is 4.80. The number of hydrogen-bond acceptors (Lipinski definition) is 20. The predicted molar refractivity (Wildman–Crippen MR) is 321 cm³/mol. The molecule has 1 saturated heterocycles. The minimum absolute atomic E-state index is 0. The Labute approximate surface area is 509 Å². The molecular weight excluding hydrogens is 1100 g/mol. The number of aliphatic hydroxyl groups excluding tert-OH is 3. The first-order chi connectivity index (χ1) is 35.1. The Morgan fingerprint density at radius 1 is 0.790 bits per heavy atom. The molecule has 4 aromatic rings. The third-order valence-corrected chi connectivity index (χ3v) is 9.01. The molecule has 81 heavy (non-hydrogen) atoms. The molecule has 3 atom stereocenters. The summed E-state index contributed by atoms with van der Waals surface area (Å²) >= 11 is 9.86. The standard InChI is InChI=1S/C9H12N2O2.C8H16N6O.C7H10N4OS.C7H10N2O.C6H9ClO3.C3H6N2.C3H5NO.CH5N3.3CH4.Al.Li.H3N.H/c1-4-7-10-6(3)8(11-7)9(12)13-5-2;1-4-6(3-15)14-7(13-4)5(9)2-12-8(10)11;1-4-5(3-12)9-7(8-4)6-2-11(6)10-13;1-3-7-8-5(2)6(4-10)9-7;1-3-10-6(9)5(7)4(2)8;2*1-2-3(4)5;2-1(3)4;;;;;;;/h4H,1,5H2,2-3H3,(H,10,11);5,15H,2-3,9H2,1H3,(H,13,14)(H4,10,11,12);6,12H,2-3H2,1H3,(H,8,9);3,10H,1,4H2,2H3,(H,8,9);5H,3H2,1-2H3;2H,1H2,(H3,4,5);2H,1H2,(H2,4,5);(H5,2,3,4);3*1H4;;;1H3;/q;;;;;;;;;;;;+1;;-1. The van der Waals surface area contributed by atoms with Crippen molar-refractivity contribution in [3.8, 4) is 0 Å². The minimum atomic E-state index is -1.14. The van der Waals surface area contributed by atoms with Crippen molar-refractivity contribution in [2.75, 3.05) is 26.3 Å². The zero-order valence-corrected chi connectivity index (χ0v) is 48.1. The first-order valence-electron chi connectivity index (χ1n) is 21.8. The molecule has 0 spiro atoms. The number of ketones is 1. The molecule has 5 heterocycles. The summed E-state index contributed by atoms with van der Waals surface area (Å²) in [5, 5.41) is 39.6. The Bertz CT molecular complexity index is 2500. The number of aromatic nitrogens is 8. The van der Waals surface area contributed by atoms with Gasteiger partial charge in [-0.2, -0.15) is 0 Å². The monoisotopic (exact) mass is 1190 g/mol. The number of nitrogens with zero attached hydrogens (tertiary/aromatic N) is 7. The van der Waals surface area contributed by atoms with Crippen LogP contribution < -0.4 is 65.1 Å². The molecule has 1 aliphatic rings. The maximum absolute atomic E-state index is 11.3. The van der Waals surface area contributed by atoms with Crippen molar-refractivity contribution in [3.63, 3.8) is 0 Å². The fourth-order valence-electron chi connectivity index (χ4n) is 4.55. The van der Waals surface area contributed by atoms with E-state index in [4.69, 9.17) is 65.4 Å². The molecule has 3 radical (unpaired) electrons. The van der Waals surface area contributed by atoms with Gasteiger partial charge < -0.3 is 92.4 Å². The maximum Gasteiger partial charge on any atom is 1.00 e. The molecule has 0 saturated carbocycles. The van der Waals surface area contributed by atoms with Gasteiger partial charge in [-0.05, 0) is 72.8 Å². The van der Waals surface area contributed by atoms with Gasteiger partial charge in [-0.3, -0.25) is 30.4 Å². The molecule has 0 bridgehead atoms. The zero-order valence-electron chi connectivity index (χ0n) is 46.4. The summed E-state index contributed by atoms with van der Waals surface area (Å²) in [5.41, 5.74) is 40.0. The van der Waals surface area contributed by atoms with E-state index >= 15 is 0 Å². The van der Waals surface area contributed by atoms with Crippen molar-refractivity contribution < 1.29 is 64.3 Å². The van der Waals surface area contributed by atoms with E-state index in [1.165, 1.54) is 13.0 Å². The van der Waals surface area contributed by atoms with Gasteiger partial charge in [-0.25, -0.2) is 29.5 Å². The summed E-state index contributed by atoms with van der Waals surface area (Å²) in [7, 11) is 0. The summed E-state index contributed by atoms with van der Waals surface area (Å²) in [6, 6.07) is -0.206. The van der Waals surface area contributed by atoms with Crippen molar-refractivity contribution in [1.82, 2.24) is 51.0 Å². The van der Waals surface area contributed by atoms with E-state index in [9.17, 15) is 19.2 Å². The van der Waals surface area contributed by atoms with Gasteiger partial charge in [0.1, 0.15) is 35.2 Å². The second-order valence-electron chi connectivity index (χ2n) is 14.3. The third kappa shape index (κ3) is 41.6. The number of aliphatic imine (C=N–C) groups is 1. The first-order valence-corrected chi connectivity index (χ1v) is 22.6. The molecular formula is C47H89AlClLiN21O9S. The number of Topliss-reactive ketones (excluding diaryl/α,β-unsaturated/α-hetero) is 1. The Kier molecular flexibility index (Phi) is 60.2. The summed E-state index contributed by atoms with van der Waals surface area (Å²) in [4.78, 5) is 73.9. The van der Waals surface area contributed by atoms with Gasteiger partial charge in [0.2, 0.25) is 5.91 Å². The van der Waals surface area contributed by atoms with Crippen LogP contribution in [0, 0.1) is 38.5 Å². The van der Waals surface area contributed by atoms with Crippen LogP contribution in [0.1, 0.15) is 130 Å². The number of halogens is 1. The number of nitrogens with two attached hydrogens (primary N) is 7. The normalized spacial score (nSPS) is 11.0. The number of carbonyl (C=O) groups is 4. The number of aryl methyl sites for hydroxylation is 4. The molecule has 34 heteroatoms. The van der Waals surface area contributed by atoms with Crippen molar-refractivity contribution in [3.05, 3.63) is 107 Å². The number of imidazole rings is 4. The minimum Gasteiger partial charge on any atom is -1.00 e. The molecule has 30 nitrogen and oxygen atoms in total. The number of esters is 2. The van der Waals surface area contributed by atoms with E-state index in [2.05, 4.69) is 110 Å². The van der Waals surface area contributed by atoms with Crippen LogP contribution in [0.2, 0.25) is 0 Å². The Hall–Kier alpha value is -7.07. The van der Waals surface area contributed by atoms with Crippen LogP contribution in [0.5, 0.6) is 0 Å². The SMILES string of the molecule is C.C.C.C=CC(=N)N.C=CC(N)=O.C=Cc1nc(C(=O)OCC)c(C)[nH]1.C=Cc1nc(CO)c(C)[nH]1.CCOC(=O)C(Cl)C(C)=O.Cc1[nH]c(C(N)CN=C(N)N)nc1CO.Cc1[nH]c(C2CN2N=S)nc1CO.N.N=C(N)N.[Al].[H-].[Li+]. The Morgan fingerprint density at radius 3 is 1.51 bits per heavy atom. The Morgan fingerprint density at radius 2 is 1.20 bits per heavy atom. The van der Waals surface area contributed by atoms with Crippen LogP contribution in [0.25, 0.3) is 12.2 Å². The van der Waals surface area contributed by atoms with E-state index in [1.54, 1.807) is 37.9 Å². The van der Waals surface area contributed by atoms with Gasteiger partial charge in [-0.1, -0.05) is 48.6 Å². The van der Waals surface area contributed by atoms with Crippen molar-refractivity contribution in [2.45, 2.75) is 108 Å². The van der Waals surface area contributed by atoms with Crippen LogP contribution in [-0.4, -0.2) is 151 Å². The molecule has 3 unspecified atom stereocenters. The number of primary amides is 1. The average Bonchev–Trinajstić information content (AvgIpc) is 3.58. The molecule has 1 aliphatic heterocycles. The molecule has 1 fully saturated rings. The molecule has 0 aromatic carbocycles. The second kappa shape index (κ2) is 52.3. The molecule has 0 aliphatic carbocycles. The molecule has 1 amide bonds. The number of hydrogen-bond donors (Lipinski definition) is 17. The zero-order chi connectivity index (χ0) is 58.5. The smallest absolute Gasteiger partial charge is 1.00 e. The molecule has 5 rings (SSSR count). The first kappa shape index (κ1) is 93.3. The van der Waals surface area contributed by atoms with Gasteiger partial charge in [0.15, 0.2) is 28.8 Å². The number of carbonyl (C=O) groups excluding carboxylic acids is 4. The van der Waals surface area contributed by atoms with Crippen molar-refractivity contribution >= 4 is 94.9 Å². The number of rotatable bonds is 17. The quantitative estimate of drug-likeness (QED) is 0.00903. The predicted octanol–water partition coefficient (Wildman–Crippen LogP) is -0.756. The van der Waals surface area contributed by atoms with Crippen molar-refractivity contribution in [2.24, 2.45) is 49.6 Å². The average molecular weight is 1190 g/mol. The van der Waals surface area contributed by atoms with Gasteiger partial charge in [0.05, 0.1) is 81.7 Å². The third-order valence-electron chi connectivity index (χ3n) is 8.32. The number of aromatic amines is 4. The van der Waals surface area contributed by atoms with Crippen molar-refractivity contribution in [1.29, 1.82) is 10.8 Å². The summed E-state index contributed by atoms with van der Waals surface area (Å²) in [5.74, 6) is 0.450. The van der Waals surface area contributed by atoms with Crippen LogP contribution in [0.3, 0.4) is 0 Å².